The lowest BCUT2D eigenvalue weighted by Crippen LogP contribution is -2.56. The average Bonchev–Trinajstić information content (AvgIpc) is 2.38. The highest BCUT2D eigenvalue weighted by Crippen LogP contribution is 2.34. The third kappa shape index (κ3) is 5.54. The molecule has 0 aromatic carbocycles. The molecule has 0 radical (unpaired) electrons. The Morgan fingerprint density at radius 3 is 2.43 bits per heavy atom. The molecule has 1 saturated heterocycles. The van der Waals surface area contributed by atoms with Gasteiger partial charge in [-0.15, -0.1) is 0 Å². The zero-order valence-corrected chi connectivity index (χ0v) is 14.6. The summed E-state index contributed by atoms with van der Waals surface area (Å²) < 4.78 is 0. The molecule has 21 heavy (non-hydrogen) atoms. The summed E-state index contributed by atoms with van der Waals surface area (Å²) in [6.45, 7) is 13.2. The monoisotopic (exact) mass is 296 g/mol. The van der Waals surface area contributed by atoms with Crippen molar-refractivity contribution in [3.05, 3.63) is 0 Å². The molecule has 0 spiro atoms. The summed E-state index contributed by atoms with van der Waals surface area (Å²) in [4.78, 5) is 2.74. The first-order valence-electron chi connectivity index (χ1n) is 8.95. The van der Waals surface area contributed by atoms with Crippen LogP contribution in [-0.4, -0.2) is 48.3 Å². The molecule has 0 bridgehead atoms. The van der Waals surface area contributed by atoms with E-state index >= 15 is 0 Å². The summed E-state index contributed by atoms with van der Waals surface area (Å²) >= 11 is 0. The normalized spacial score (nSPS) is 34.7. The van der Waals surface area contributed by atoms with Crippen molar-refractivity contribution in [3.63, 3.8) is 0 Å². The molecule has 1 aliphatic carbocycles. The van der Waals surface area contributed by atoms with E-state index in [2.05, 4.69) is 37.9 Å². The van der Waals surface area contributed by atoms with Crippen molar-refractivity contribution >= 4 is 0 Å². The fraction of sp³-hybridized carbons (Fsp3) is 1.00. The second kappa shape index (κ2) is 7.43. The first-order valence-corrected chi connectivity index (χ1v) is 8.95. The second-order valence-electron chi connectivity index (χ2n) is 8.79. The molecule has 0 aromatic rings. The minimum absolute atomic E-state index is 0.344. The molecule has 2 N–H and O–H groups in total. The number of nitrogens with one attached hydrogen (secondary N) is 1. The number of hydrogen-bond acceptors (Lipinski definition) is 3. The number of nitrogens with zero attached hydrogens (tertiary/aromatic N) is 1. The molecule has 3 nitrogen and oxygen atoms in total. The summed E-state index contributed by atoms with van der Waals surface area (Å²) in [5.74, 6) is 1.69. The fourth-order valence-electron chi connectivity index (χ4n) is 3.88. The Labute approximate surface area is 131 Å². The third-order valence-corrected chi connectivity index (χ3v) is 5.12. The van der Waals surface area contributed by atoms with Crippen LogP contribution in [0, 0.1) is 17.3 Å². The highest BCUT2D eigenvalue weighted by molar-refractivity contribution is 4.92. The van der Waals surface area contributed by atoms with Gasteiger partial charge in [-0.2, -0.15) is 0 Å². The van der Waals surface area contributed by atoms with Crippen LogP contribution >= 0.6 is 0 Å². The summed E-state index contributed by atoms with van der Waals surface area (Å²) in [7, 11) is 0. The van der Waals surface area contributed by atoms with Gasteiger partial charge in [-0.05, 0) is 49.4 Å². The molecule has 2 fully saturated rings. The van der Waals surface area contributed by atoms with Crippen LogP contribution in [0.5, 0.6) is 0 Å². The smallest absolute Gasteiger partial charge is 0.0431 e. The Hall–Kier alpha value is -0.120. The van der Waals surface area contributed by atoms with Crippen LogP contribution in [-0.2, 0) is 0 Å². The van der Waals surface area contributed by atoms with E-state index in [9.17, 15) is 0 Å². The van der Waals surface area contributed by atoms with Crippen LogP contribution in [0.4, 0.5) is 0 Å². The molecule has 124 valence electrons. The molecule has 1 saturated carbocycles. The van der Waals surface area contributed by atoms with Gasteiger partial charge < -0.3 is 10.4 Å². The SMILES string of the molecule is CC1CC(N2CC(CCCO)CC(NCC(C)(C)C)C2)C1. The topological polar surface area (TPSA) is 35.5 Å². The Kier molecular flexibility index (Phi) is 6.10. The number of aliphatic hydroxyl groups excluding tert-OH is 1. The molecule has 1 aliphatic heterocycles. The molecular formula is C18H36N2O. The van der Waals surface area contributed by atoms with Crippen molar-refractivity contribution in [2.75, 3.05) is 26.2 Å². The molecule has 3 heteroatoms. The van der Waals surface area contributed by atoms with Crippen LogP contribution in [0.15, 0.2) is 0 Å². The molecule has 2 unspecified atom stereocenters. The van der Waals surface area contributed by atoms with Gasteiger partial charge in [-0.3, -0.25) is 4.90 Å². The van der Waals surface area contributed by atoms with Crippen LogP contribution in [0.25, 0.3) is 0 Å². The maximum absolute atomic E-state index is 9.11. The van der Waals surface area contributed by atoms with Gasteiger partial charge in [0.05, 0.1) is 0 Å². The molecule has 0 amide bonds. The largest absolute Gasteiger partial charge is 0.396 e. The summed E-state index contributed by atoms with van der Waals surface area (Å²) in [6.07, 6.45) is 6.21. The van der Waals surface area contributed by atoms with Gasteiger partial charge in [-0.25, -0.2) is 0 Å². The van der Waals surface area contributed by atoms with Gasteiger partial charge in [0.25, 0.3) is 0 Å². The van der Waals surface area contributed by atoms with E-state index in [1.807, 2.05) is 0 Å². The first kappa shape index (κ1) is 17.2. The fourth-order valence-corrected chi connectivity index (χ4v) is 3.88. The molecule has 2 rings (SSSR count). The van der Waals surface area contributed by atoms with E-state index < -0.39 is 0 Å². The molecule has 1 heterocycles. The lowest BCUT2D eigenvalue weighted by Gasteiger charge is -2.48. The van der Waals surface area contributed by atoms with Gasteiger partial charge in [0.2, 0.25) is 0 Å². The second-order valence-corrected chi connectivity index (χ2v) is 8.79. The number of likely N-dealkylation sites (tertiary alicyclic amines) is 1. The average molecular weight is 296 g/mol. The van der Waals surface area contributed by atoms with Crippen LogP contribution in [0.2, 0.25) is 0 Å². The molecule has 0 aromatic heterocycles. The Bertz CT molecular complexity index is 307. The lowest BCUT2D eigenvalue weighted by molar-refractivity contribution is 0.0292. The van der Waals surface area contributed by atoms with E-state index in [-0.39, 0.29) is 0 Å². The van der Waals surface area contributed by atoms with E-state index in [0.717, 1.165) is 30.8 Å². The van der Waals surface area contributed by atoms with E-state index in [0.29, 0.717) is 18.1 Å². The molecule has 2 aliphatic rings. The van der Waals surface area contributed by atoms with E-state index in [4.69, 9.17) is 5.11 Å². The quantitative estimate of drug-likeness (QED) is 0.791. The van der Waals surface area contributed by atoms with Crippen LogP contribution < -0.4 is 5.32 Å². The van der Waals surface area contributed by atoms with Gasteiger partial charge >= 0.3 is 0 Å². The van der Waals surface area contributed by atoms with Crippen molar-refractivity contribution < 1.29 is 5.11 Å². The molecular weight excluding hydrogens is 260 g/mol. The van der Waals surface area contributed by atoms with E-state index in [1.54, 1.807) is 0 Å². The van der Waals surface area contributed by atoms with Gasteiger partial charge in [-0.1, -0.05) is 27.7 Å². The minimum Gasteiger partial charge on any atom is -0.396 e. The predicted molar refractivity (Wildman–Crippen MR) is 89.4 cm³/mol. The van der Waals surface area contributed by atoms with Crippen molar-refractivity contribution in [1.82, 2.24) is 10.2 Å². The zero-order valence-electron chi connectivity index (χ0n) is 14.6. The van der Waals surface area contributed by atoms with Gasteiger partial charge in [0.1, 0.15) is 0 Å². The maximum atomic E-state index is 9.11. The highest BCUT2D eigenvalue weighted by Gasteiger charge is 2.36. The van der Waals surface area contributed by atoms with Crippen molar-refractivity contribution in [1.29, 1.82) is 0 Å². The number of hydrogen-bond donors (Lipinski definition) is 2. The van der Waals surface area contributed by atoms with Crippen LogP contribution in [0.3, 0.4) is 0 Å². The summed E-state index contributed by atoms with van der Waals surface area (Å²) in [6, 6.07) is 1.47. The van der Waals surface area contributed by atoms with E-state index in [1.165, 1.54) is 38.8 Å². The minimum atomic E-state index is 0.344. The lowest BCUT2D eigenvalue weighted by atomic mass is 9.78. The molecule has 2 atom stereocenters. The number of rotatable bonds is 6. The number of aliphatic hydroxyl groups is 1. The number of piperidine rings is 1. The van der Waals surface area contributed by atoms with Crippen LogP contribution in [0.1, 0.15) is 59.8 Å². The van der Waals surface area contributed by atoms with Gasteiger partial charge in [0.15, 0.2) is 0 Å². The van der Waals surface area contributed by atoms with Crippen molar-refractivity contribution in [3.8, 4) is 0 Å². The predicted octanol–water partition coefficient (Wildman–Crippen LogP) is 2.88. The highest BCUT2D eigenvalue weighted by atomic mass is 16.2. The standard InChI is InChI=1S/C18H36N2O/c1-14-8-17(9-14)20-11-15(6-5-7-21)10-16(12-20)19-13-18(2,3)4/h14-17,19,21H,5-13H2,1-4H3. The third-order valence-electron chi connectivity index (χ3n) is 5.12. The Morgan fingerprint density at radius 1 is 1.14 bits per heavy atom. The summed E-state index contributed by atoms with van der Waals surface area (Å²) in [5, 5.41) is 12.9. The Balaban J connectivity index is 1.86. The maximum Gasteiger partial charge on any atom is 0.0431 e. The summed E-state index contributed by atoms with van der Waals surface area (Å²) in [5.41, 5.74) is 0.355. The van der Waals surface area contributed by atoms with Crippen molar-refractivity contribution in [2.45, 2.75) is 71.9 Å². The first-order chi connectivity index (χ1) is 9.87. The van der Waals surface area contributed by atoms with Crippen molar-refractivity contribution in [2.24, 2.45) is 17.3 Å². The van der Waals surface area contributed by atoms with Gasteiger partial charge in [0, 0.05) is 38.3 Å². The zero-order chi connectivity index (χ0) is 15.5. The Morgan fingerprint density at radius 2 is 1.86 bits per heavy atom.